The number of nitrogens with zero attached hydrogens (tertiary/aromatic N) is 5. The molecule has 1 fully saturated rings. The molecule has 11 nitrogen and oxygen atoms in total. The first kappa shape index (κ1) is 38.9. The van der Waals surface area contributed by atoms with Crippen molar-refractivity contribution in [1.29, 1.82) is 0 Å². The summed E-state index contributed by atoms with van der Waals surface area (Å²) < 4.78 is 45.2. The molecule has 5 heterocycles. The number of urea groups is 1. The van der Waals surface area contributed by atoms with E-state index >= 15 is 4.39 Å². The van der Waals surface area contributed by atoms with E-state index in [1.165, 1.54) is 35.5 Å². The first-order valence-corrected chi connectivity index (χ1v) is 18.9. The SMILES string of the molecule is Cc1c(-c2cc3cccc(-c4cc(C(C)(F)F)cc5c4CN(C)C(=O)N5C)c3cn2)ccnc1C(=O)NCc1ccc(-c2ccnc(C3CCC(=O)NC3=O)c2F)cc1. The first-order chi connectivity index (χ1) is 28.2. The van der Waals surface area contributed by atoms with Gasteiger partial charge in [0, 0.05) is 86.8 Å². The fraction of sp³-hybridized carbons (Fsp3) is 0.222. The minimum absolute atomic E-state index is 0.00996. The largest absolute Gasteiger partial charge is 0.347 e. The van der Waals surface area contributed by atoms with E-state index in [9.17, 15) is 28.0 Å². The number of amides is 5. The number of hydrogen-bond donors (Lipinski definition) is 2. The van der Waals surface area contributed by atoms with Crippen molar-refractivity contribution in [3.05, 3.63) is 131 Å². The molecule has 2 aliphatic rings. The summed E-state index contributed by atoms with van der Waals surface area (Å²) in [6, 6.07) is 20.4. The molecule has 2 aliphatic heterocycles. The van der Waals surface area contributed by atoms with Gasteiger partial charge in [-0.15, -0.1) is 0 Å². The topological polar surface area (TPSA) is 137 Å². The summed E-state index contributed by atoms with van der Waals surface area (Å²) in [6.45, 7) is 3.04. The number of alkyl halides is 2. The van der Waals surface area contributed by atoms with Gasteiger partial charge in [-0.05, 0) is 76.9 Å². The summed E-state index contributed by atoms with van der Waals surface area (Å²) in [4.78, 5) is 66.5. The number of hydrogen-bond acceptors (Lipinski definition) is 7. The molecule has 0 radical (unpaired) electrons. The van der Waals surface area contributed by atoms with Crippen LogP contribution in [0.2, 0.25) is 0 Å². The maximum Gasteiger partial charge on any atom is 0.324 e. The Labute approximate surface area is 337 Å². The van der Waals surface area contributed by atoms with Crippen LogP contribution in [-0.2, 0) is 28.6 Å². The van der Waals surface area contributed by atoms with Crippen LogP contribution in [0.25, 0.3) is 44.3 Å². The monoisotopic (exact) mass is 797 g/mol. The highest BCUT2D eigenvalue weighted by Crippen LogP contribution is 2.43. The van der Waals surface area contributed by atoms with Crippen LogP contribution in [0.4, 0.5) is 23.7 Å². The first-order valence-electron chi connectivity index (χ1n) is 18.9. The highest BCUT2D eigenvalue weighted by atomic mass is 19.3. The number of rotatable bonds is 8. The summed E-state index contributed by atoms with van der Waals surface area (Å²) in [5.41, 5.74) is 5.91. The summed E-state index contributed by atoms with van der Waals surface area (Å²) in [7, 11) is 3.25. The number of benzene rings is 3. The van der Waals surface area contributed by atoms with Crippen molar-refractivity contribution >= 4 is 40.2 Å². The Bertz CT molecular complexity index is 2720. The van der Waals surface area contributed by atoms with Crippen LogP contribution < -0.4 is 15.5 Å². The number of piperidine rings is 1. The molecule has 0 spiro atoms. The van der Waals surface area contributed by atoms with E-state index in [4.69, 9.17) is 4.98 Å². The Morgan fingerprint density at radius 1 is 0.915 bits per heavy atom. The second-order valence-electron chi connectivity index (χ2n) is 15.0. The molecular weight excluding hydrogens is 760 g/mol. The van der Waals surface area contributed by atoms with Crippen molar-refractivity contribution < 1.29 is 32.3 Å². The smallest absolute Gasteiger partial charge is 0.324 e. The van der Waals surface area contributed by atoms with Crippen molar-refractivity contribution in [2.24, 2.45) is 0 Å². The highest BCUT2D eigenvalue weighted by Gasteiger charge is 2.34. The van der Waals surface area contributed by atoms with Crippen LogP contribution in [-0.4, -0.2) is 57.7 Å². The summed E-state index contributed by atoms with van der Waals surface area (Å²) in [5.74, 6) is -5.99. The van der Waals surface area contributed by atoms with Gasteiger partial charge in [0.1, 0.15) is 5.69 Å². The van der Waals surface area contributed by atoms with Crippen LogP contribution in [0.5, 0.6) is 0 Å². The zero-order valence-electron chi connectivity index (χ0n) is 32.6. The third-order valence-corrected chi connectivity index (χ3v) is 11.1. The van der Waals surface area contributed by atoms with E-state index in [1.54, 1.807) is 62.4 Å². The van der Waals surface area contributed by atoms with E-state index < -0.39 is 35.4 Å². The number of carbonyl (C=O) groups is 4. The quantitative estimate of drug-likeness (QED) is 0.149. The van der Waals surface area contributed by atoms with Crippen LogP contribution in [0.15, 0.2) is 91.4 Å². The molecule has 5 amide bonds. The predicted molar refractivity (Wildman–Crippen MR) is 216 cm³/mol. The molecule has 1 unspecified atom stereocenters. The zero-order chi connectivity index (χ0) is 41.7. The van der Waals surface area contributed by atoms with E-state index in [0.717, 1.165) is 28.8 Å². The Kier molecular flexibility index (Phi) is 9.95. The van der Waals surface area contributed by atoms with Gasteiger partial charge in [-0.25, -0.2) is 18.0 Å². The average molecular weight is 798 g/mol. The molecule has 3 aromatic heterocycles. The van der Waals surface area contributed by atoms with Crippen LogP contribution in [0.3, 0.4) is 0 Å². The minimum atomic E-state index is -3.14. The Morgan fingerprint density at radius 3 is 2.41 bits per heavy atom. The molecule has 14 heteroatoms. The molecule has 0 bridgehead atoms. The number of aromatic nitrogens is 3. The highest BCUT2D eigenvalue weighted by molar-refractivity contribution is 6.03. The molecule has 59 heavy (non-hydrogen) atoms. The maximum absolute atomic E-state index is 15.6. The summed E-state index contributed by atoms with van der Waals surface area (Å²) in [6.07, 6.45) is 4.96. The second kappa shape index (κ2) is 15.1. The lowest BCUT2D eigenvalue weighted by molar-refractivity contribution is -0.134. The average Bonchev–Trinajstić information content (AvgIpc) is 3.21. The second-order valence-corrected chi connectivity index (χ2v) is 15.0. The zero-order valence-corrected chi connectivity index (χ0v) is 32.6. The van der Waals surface area contributed by atoms with E-state index in [2.05, 4.69) is 20.6 Å². The molecule has 1 atom stereocenters. The van der Waals surface area contributed by atoms with E-state index in [0.29, 0.717) is 39.2 Å². The van der Waals surface area contributed by atoms with E-state index in [-0.39, 0.29) is 54.5 Å². The third-order valence-electron chi connectivity index (χ3n) is 11.1. The maximum atomic E-state index is 15.6. The fourth-order valence-corrected chi connectivity index (χ4v) is 7.82. The van der Waals surface area contributed by atoms with Gasteiger partial charge < -0.3 is 10.2 Å². The standard InChI is InChI=1S/C45H38F3N7O4/c1-24-29(36-18-27-6-5-7-31(34(27)22-51-36)33-19-28(45(2,47)48)20-37-35(33)23-54(3)44(59)55(37)4)14-16-49-40(24)43(58)52-21-25-8-10-26(11-9-25)30-15-17-50-41(39(30)46)32-12-13-38(56)53-42(32)57/h5-11,14-20,22,32H,12-13,21,23H2,1-4H3,(H,52,58)(H,53,56,57). The Hall–Kier alpha value is -6.96. The Morgan fingerprint density at radius 2 is 1.66 bits per heavy atom. The van der Waals surface area contributed by atoms with Gasteiger partial charge in [0.15, 0.2) is 5.82 Å². The van der Waals surface area contributed by atoms with Gasteiger partial charge in [-0.2, -0.15) is 0 Å². The molecule has 8 rings (SSSR count). The van der Waals surface area contributed by atoms with Gasteiger partial charge in [0.25, 0.3) is 11.8 Å². The van der Waals surface area contributed by atoms with Crippen LogP contribution in [0.1, 0.15) is 64.1 Å². The number of nitrogens with one attached hydrogen (secondary N) is 2. The number of fused-ring (bicyclic) bond motifs is 2. The van der Waals surface area contributed by atoms with Crippen LogP contribution in [0, 0.1) is 12.7 Å². The predicted octanol–water partition coefficient (Wildman–Crippen LogP) is 8.04. The van der Waals surface area contributed by atoms with E-state index in [1.807, 2.05) is 24.3 Å². The lowest BCUT2D eigenvalue weighted by Crippen LogP contribution is -2.43. The lowest BCUT2D eigenvalue weighted by atomic mass is 9.89. The molecular formula is C45H38F3N7O4. The van der Waals surface area contributed by atoms with Gasteiger partial charge in [-0.3, -0.25) is 39.6 Å². The van der Waals surface area contributed by atoms with Gasteiger partial charge in [0.05, 0.1) is 23.0 Å². The number of carbonyl (C=O) groups excluding carboxylic acids is 4. The number of pyridine rings is 3. The van der Waals surface area contributed by atoms with Crippen molar-refractivity contribution in [2.75, 3.05) is 19.0 Å². The fourth-order valence-electron chi connectivity index (χ4n) is 7.82. The molecule has 0 aliphatic carbocycles. The van der Waals surface area contributed by atoms with Crippen molar-refractivity contribution in [3.63, 3.8) is 0 Å². The normalized spacial score (nSPS) is 15.6. The number of anilines is 1. The van der Waals surface area contributed by atoms with Crippen molar-refractivity contribution in [2.45, 2.75) is 51.6 Å². The molecule has 3 aromatic carbocycles. The van der Waals surface area contributed by atoms with Gasteiger partial charge in [0.2, 0.25) is 11.8 Å². The van der Waals surface area contributed by atoms with Gasteiger partial charge >= 0.3 is 6.03 Å². The number of halogens is 3. The lowest BCUT2D eigenvalue weighted by Gasteiger charge is -2.35. The Balaban J connectivity index is 1.02. The molecule has 0 saturated carbocycles. The number of imide groups is 1. The summed E-state index contributed by atoms with van der Waals surface area (Å²) >= 11 is 0. The third kappa shape index (κ3) is 7.26. The van der Waals surface area contributed by atoms with Gasteiger partial charge in [-0.1, -0.05) is 42.5 Å². The molecule has 1 saturated heterocycles. The summed E-state index contributed by atoms with van der Waals surface area (Å²) in [5, 5.41) is 6.69. The van der Waals surface area contributed by atoms with Crippen LogP contribution >= 0.6 is 0 Å². The van der Waals surface area contributed by atoms with Crippen molar-refractivity contribution in [3.8, 4) is 33.5 Å². The van der Waals surface area contributed by atoms with Crippen molar-refractivity contribution in [1.82, 2.24) is 30.5 Å². The molecule has 298 valence electrons. The molecule has 2 N–H and O–H groups in total. The molecule has 6 aromatic rings. The minimum Gasteiger partial charge on any atom is -0.347 e.